The molecule has 1 aliphatic rings. The van der Waals surface area contributed by atoms with E-state index in [4.69, 9.17) is 4.42 Å². The number of fused-ring (bicyclic) bond motifs is 2. The summed E-state index contributed by atoms with van der Waals surface area (Å²) in [5, 5.41) is 1.07. The van der Waals surface area contributed by atoms with Gasteiger partial charge in [0.05, 0.1) is 6.08 Å². The Labute approximate surface area is 103 Å². The number of furan rings is 1. The summed E-state index contributed by atoms with van der Waals surface area (Å²) in [5.74, 6) is 1.70. The fraction of sp³-hybridized carbons (Fsp3) is 0. The number of hydrogen-bond acceptors (Lipinski definition) is 2. The smallest absolute Gasteiger partial charge is 0.249 e. The second kappa shape index (κ2) is 3.42. The molecule has 18 heavy (non-hydrogen) atoms. The Kier molecular flexibility index (Phi) is 1.79. The Balaban J connectivity index is 1.95. The van der Waals surface area contributed by atoms with Gasteiger partial charge in [-0.15, -0.1) is 0 Å². The van der Waals surface area contributed by atoms with Crippen LogP contribution in [0.2, 0.25) is 0 Å². The quantitative estimate of drug-likeness (QED) is 0.651. The Hall–Kier alpha value is -2.64. The lowest BCUT2D eigenvalue weighted by atomic mass is 10.1. The number of pyridine rings is 1. The molecule has 0 bridgehead atoms. The molecule has 84 valence electrons. The molecule has 0 unspecified atom stereocenters. The second-order valence-corrected chi connectivity index (χ2v) is 4.18. The van der Waals surface area contributed by atoms with Crippen molar-refractivity contribution in [1.82, 2.24) is 9.97 Å². The second-order valence-electron chi connectivity index (χ2n) is 4.18. The van der Waals surface area contributed by atoms with Crippen molar-refractivity contribution in [3.05, 3.63) is 54.1 Å². The minimum Gasteiger partial charge on any atom is -0.396 e. The highest BCUT2D eigenvalue weighted by Gasteiger charge is 2.19. The molecule has 0 fully saturated rings. The molecule has 0 saturated heterocycles. The van der Waals surface area contributed by atoms with Gasteiger partial charge >= 0.3 is 0 Å². The van der Waals surface area contributed by atoms with E-state index in [1.165, 1.54) is 0 Å². The van der Waals surface area contributed by atoms with Gasteiger partial charge in [0.15, 0.2) is 5.76 Å². The summed E-state index contributed by atoms with van der Waals surface area (Å²) in [4.78, 5) is 7.43. The van der Waals surface area contributed by atoms with Crippen LogP contribution in [0, 0.1) is 6.08 Å². The fourth-order valence-electron chi connectivity index (χ4n) is 2.22. The third-order valence-electron chi connectivity index (χ3n) is 3.08. The van der Waals surface area contributed by atoms with Crippen LogP contribution in [0.4, 0.5) is 0 Å². The number of hydrogen-bond donors (Lipinski definition) is 1. The van der Waals surface area contributed by atoms with E-state index in [2.05, 4.69) is 16.0 Å². The zero-order valence-corrected chi connectivity index (χ0v) is 9.47. The number of nitrogens with one attached hydrogen (secondary N) is 1. The van der Waals surface area contributed by atoms with Gasteiger partial charge in [0, 0.05) is 35.5 Å². The lowest BCUT2D eigenvalue weighted by molar-refractivity contribution is 0.571. The fourth-order valence-corrected chi connectivity index (χ4v) is 2.22. The monoisotopic (exact) mass is 233 g/mol. The molecule has 0 saturated carbocycles. The SMILES string of the molecule is [C+]1=Cc2oc(-c3c[nH]c4ncccc34)cc2C=C1. The normalized spacial score (nSPS) is 12.7. The van der Waals surface area contributed by atoms with E-state index in [9.17, 15) is 0 Å². The van der Waals surface area contributed by atoms with Crippen molar-refractivity contribution in [3.63, 3.8) is 0 Å². The molecule has 0 aromatic carbocycles. The van der Waals surface area contributed by atoms with Crippen molar-refractivity contribution in [1.29, 1.82) is 0 Å². The molecule has 3 aromatic rings. The molecular weight excluding hydrogens is 224 g/mol. The molecule has 3 heterocycles. The third kappa shape index (κ3) is 1.25. The maximum atomic E-state index is 5.84. The number of H-pyrrole nitrogens is 1. The van der Waals surface area contributed by atoms with Crippen LogP contribution in [0.25, 0.3) is 34.5 Å². The van der Waals surface area contributed by atoms with E-state index in [0.717, 1.165) is 33.7 Å². The lowest BCUT2D eigenvalue weighted by Crippen LogP contribution is -1.74. The van der Waals surface area contributed by atoms with Crippen LogP contribution >= 0.6 is 0 Å². The van der Waals surface area contributed by atoms with Crippen LogP contribution in [0.15, 0.2) is 41.1 Å². The lowest BCUT2D eigenvalue weighted by Gasteiger charge is -1.91. The van der Waals surface area contributed by atoms with Gasteiger partial charge in [-0.1, -0.05) is 0 Å². The number of aromatic nitrogens is 2. The van der Waals surface area contributed by atoms with Gasteiger partial charge < -0.3 is 9.40 Å². The Morgan fingerprint density at radius 1 is 1.33 bits per heavy atom. The average Bonchev–Trinajstić information content (AvgIpc) is 3.02. The summed E-state index contributed by atoms with van der Waals surface area (Å²) in [7, 11) is 0. The molecule has 3 heteroatoms. The van der Waals surface area contributed by atoms with Crippen molar-refractivity contribution in [2.75, 3.05) is 0 Å². The van der Waals surface area contributed by atoms with Gasteiger partial charge in [-0.25, -0.2) is 4.98 Å². The maximum Gasteiger partial charge on any atom is 0.249 e. The van der Waals surface area contributed by atoms with Crippen molar-refractivity contribution in [2.45, 2.75) is 0 Å². The molecule has 3 nitrogen and oxygen atoms in total. The summed E-state index contributed by atoms with van der Waals surface area (Å²) in [6.07, 6.45) is 12.5. The van der Waals surface area contributed by atoms with Crippen molar-refractivity contribution in [3.8, 4) is 11.3 Å². The molecule has 4 rings (SSSR count). The largest absolute Gasteiger partial charge is 0.396 e. The third-order valence-corrected chi connectivity index (χ3v) is 3.08. The number of allylic oxidation sites excluding steroid dienone is 2. The first kappa shape index (κ1) is 9.40. The van der Waals surface area contributed by atoms with Crippen LogP contribution in [0.3, 0.4) is 0 Å². The molecule has 3 aromatic heterocycles. The molecule has 0 atom stereocenters. The summed E-state index contributed by atoms with van der Waals surface area (Å²) in [6, 6.07) is 6.00. The van der Waals surface area contributed by atoms with E-state index in [1.807, 2.05) is 42.6 Å². The van der Waals surface area contributed by atoms with E-state index in [1.54, 1.807) is 6.20 Å². The topological polar surface area (TPSA) is 41.8 Å². The first-order valence-electron chi connectivity index (χ1n) is 5.74. The van der Waals surface area contributed by atoms with Crippen LogP contribution in [0.1, 0.15) is 11.3 Å². The van der Waals surface area contributed by atoms with Crippen molar-refractivity contribution >= 4 is 23.2 Å². The van der Waals surface area contributed by atoms with E-state index < -0.39 is 0 Å². The molecule has 1 aliphatic carbocycles. The van der Waals surface area contributed by atoms with E-state index in [0.29, 0.717) is 0 Å². The van der Waals surface area contributed by atoms with Crippen LogP contribution in [-0.2, 0) is 0 Å². The number of aromatic amines is 1. The first-order valence-corrected chi connectivity index (χ1v) is 5.74. The van der Waals surface area contributed by atoms with E-state index >= 15 is 0 Å². The first-order chi connectivity index (χ1) is 8.92. The number of rotatable bonds is 1. The molecular formula is C15H9N2O+. The predicted octanol–water partition coefficient (Wildman–Crippen LogP) is 3.67. The predicted molar refractivity (Wildman–Crippen MR) is 70.5 cm³/mol. The van der Waals surface area contributed by atoms with E-state index in [-0.39, 0.29) is 0 Å². The highest BCUT2D eigenvalue weighted by molar-refractivity contribution is 5.92. The van der Waals surface area contributed by atoms with Crippen molar-refractivity contribution < 1.29 is 4.42 Å². The minimum atomic E-state index is 0.851. The molecule has 0 radical (unpaired) electrons. The zero-order valence-electron chi connectivity index (χ0n) is 9.47. The Morgan fingerprint density at radius 2 is 2.33 bits per heavy atom. The van der Waals surface area contributed by atoms with Gasteiger partial charge in [0.2, 0.25) is 5.76 Å². The van der Waals surface area contributed by atoms with Gasteiger partial charge in [-0.3, -0.25) is 0 Å². The Bertz CT molecular complexity index is 760. The van der Waals surface area contributed by atoms with Crippen molar-refractivity contribution in [2.24, 2.45) is 0 Å². The van der Waals surface area contributed by atoms with Gasteiger partial charge in [-0.2, -0.15) is 0 Å². The van der Waals surface area contributed by atoms with Crippen LogP contribution in [0.5, 0.6) is 0 Å². The maximum absolute atomic E-state index is 5.84. The zero-order chi connectivity index (χ0) is 11.9. The Morgan fingerprint density at radius 3 is 3.28 bits per heavy atom. The summed E-state index contributed by atoms with van der Waals surface area (Å²) < 4.78 is 5.84. The summed E-state index contributed by atoms with van der Waals surface area (Å²) in [5.41, 5.74) is 3.00. The van der Waals surface area contributed by atoms with Gasteiger partial charge in [-0.05, 0) is 12.1 Å². The van der Waals surface area contributed by atoms with Gasteiger partial charge in [0.25, 0.3) is 0 Å². The average molecular weight is 233 g/mol. The van der Waals surface area contributed by atoms with Crippen LogP contribution in [-0.4, -0.2) is 9.97 Å². The molecule has 0 spiro atoms. The van der Waals surface area contributed by atoms with Crippen LogP contribution < -0.4 is 0 Å². The summed E-state index contributed by atoms with van der Waals surface area (Å²) >= 11 is 0. The highest BCUT2D eigenvalue weighted by atomic mass is 16.3. The van der Waals surface area contributed by atoms with Gasteiger partial charge in [0.1, 0.15) is 23.4 Å². The minimum absolute atomic E-state index is 0.851. The standard InChI is InChI=1S/C15H9N2O/c1-2-6-13-10(4-1)8-14(18-13)12-9-17-15-11(12)5-3-7-16-15/h1,3-9H,(H,16,17)/q+1. The highest BCUT2D eigenvalue weighted by Crippen LogP contribution is 2.32. The molecule has 1 N–H and O–H groups in total. The summed E-state index contributed by atoms with van der Waals surface area (Å²) in [6.45, 7) is 0. The number of nitrogens with zero attached hydrogens (tertiary/aromatic N) is 1. The molecule has 0 amide bonds. The molecule has 0 aliphatic heterocycles.